The third kappa shape index (κ3) is 221. The molecule has 0 spiro atoms. The van der Waals surface area contributed by atoms with E-state index in [1.54, 1.807) is 0 Å². The first-order chi connectivity index (χ1) is 3.73. The van der Waals surface area contributed by atoms with Gasteiger partial charge in [-0.2, -0.15) is 0 Å². The fourth-order valence-electron chi connectivity index (χ4n) is 0. The van der Waals surface area contributed by atoms with Gasteiger partial charge in [-0.15, -0.1) is 0 Å². The SMILES string of the molecule is O=P(O)(O)O.O=[Si](O)O.[AlH3].[Ca+2].[H-].[H-].[H-].[H-].[Sr+2].[Zn]. The minimum atomic E-state index is -4.64. The van der Waals surface area contributed by atoms with E-state index in [1.165, 1.54) is 0 Å². The van der Waals surface area contributed by atoms with Crippen LogP contribution in [0.3, 0.4) is 0 Å². The number of rotatable bonds is 0. The molecule has 0 aromatic heterocycles. The van der Waals surface area contributed by atoms with Gasteiger partial charge in [0.05, 0.1) is 0 Å². The molecule has 0 fully saturated rings. The predicted molar refractivity (Wildman–Crippen MR) is 51.0 cm³/mol. The van der Waals surface area contributed by atoms with E-state index in [2.05, 4.69) is 0 Å². The first-order valence-corrected chi connectivity index (χ1v) is 4.30. The van der Waals surface area contributed by atoms with Crippen molar-refractivity contribution in [3.8, 4) is 0 Å². The summed E-state index contributed by atoms with van der Waals surface area (Å²) in [6.07, 6.45) is 0. The van der Waals surface area contributed by atoms with Gasteiger partial charge >= 0.3 is 100 Å². The van der Waals surface area contributed by atoms with Crippen LogP contribution in [0.5, 0.6) is 0 Å². The van der Waals surface area contributed by atoms with E-state index >= 15 is 0 Å². The summed E-state index contributed by atoms with van der Waals surface area (Å²) < 4.78 is 17.6. The Kier molecular flexibility index (Phi) is 58.0. The summed E-state index contributed by atoms with van der Waals surface area (Å²) in [5, 5.41) is 0. The van der Waals surface area contributed by atoms with E-state index in [4.69, 9.17) is 33.3 Å². The van der Waals surface area contributed by atoms with Gasteiger partial charge in [-0.25, -0.2) is 4.57 Å². The number of phosphoric acid groups is 1. The molecule has 0 saturated heterocycles. The standard InChI is InChI=1S/Al.Ca.H3O4P.H2O3Si.Sr.Zn.7H/c;;1-5(2,3)4;1-4(2)3;;;;;;;;;/h;;(H3,1,2,3,4);1-2H;;;;;;;;;/q;+2;;;+2;;;;;4*-1. The van der Waals surface area contributed by atoms with Gasteiger partial charge in [0.2, 0.25) is 0 Å². The average molecular weight is 403 g/mol. The molecule has 0 bridgehead atoms. The van der Waals surface area contributed by atoms with E-state index in [1.807, 2.05) is 0 Å². The van der Waals surface area contributed by atoms with Gasteiger partial charge < -0.3 is 30.0 Å². The molecule has 7 nitrogen and oxygen atoms in total. The van der Waals surface area contributed by atoms with Gasteiger partial charge in [-0.3, -0.25) is 4.46 Å². The van der Waals surface area contributed by atoms with Crippen molar-refractivity contribution in [1.82, 2.24) is 0 Å². The van der Waals surface area contributed by atoms with Crippen LogP contribution in [0.4, 0.5) is 0 Å². The van der Waals surface area contributed by atoms with E-state index in [0.717, 1.165) is 0 Å². The van der Waals surface area contributed by atoms with Crippen LogP contribution in [-0.2, 0) is 28.5 Å². The van der Waals surface area contributed by atoms with Gasteiger partial charge in [-0.1, -0.05) is 0 Å². The zero-order valence-corrected chi connectivity index (χ0v) is 16.7. The monoisotopic (exact) mass is 402 g/mol. The van der Waals surface area contributed by atoms with Crippen molar-refractivity contribution in [1.29, 1.82) is 0 Å². The van der Waals surface area contributed by atoms with Gasteiger partial charge in [-0.05, 0) is 0 Å². The van der Waals surface area contributed by atoms with Crippen LogP contribution in [0.2, 0.25) is 0 Å². The minimum absolute atomic E-state index is 0. The zero-order chi connectivity index (χ0) is 8.08. The Balaban J connectivity index is -0.00000000494. The summed E-state index contributed by atoms with van der Waals surface area (Å²) in [7, 11) is -7.77. The summed E-state index contributed by atoms with van der Waals surface area (Å²) in [4.78, 5) is 35.9. The van der Waals surface area contributed by atoms with Crippen molar-refractivity contribution in [2.24, 2.45) is 0 Å². The maximum absolute atomic E-state index is 8.88. The van der Waals surface area contributed by atoms with Crippen LogP contribution in [0.25, 0.3) is 0 Å². The molecule has 13 heteroatoms. The Bertz CT molecular complexity index is 142. The van der Waals surface area contributed by atoms with Crippen LogP contribution in [-0.4, -0.2) is 134 Å². The zero-order valence-electron chi connectivity index (χ0n) is 10.1. The molecule has 0 aliphatic carbocycles. The Hall–Kier alpha value is 3.62. The molecule has 0 aromatic rings. The molecule has 72 valence electrons. The largest absolute Gasteiger partial charge is 2.00 e. The Morgan fingerprint density at radius 3 is 1.15 bits per heavy atom. The predicted octanol–water partition coefficient (Wildman–Crippen LogP) is -4.04. The summed E-state index contributed by atoms with van der Waals surface area (Å²) >= 11 is 0. The molecule has 0 atom stereocenters. The molecular formula is H12AlCaO7PSiSrZn. The molecule has 0 unspecified atom stereocenters. The molecule has 5 N–H and O–H groups in total. The Labute approximate surface area is 173 Å². The van der Waals surface area contributed by atoms with Gasteiger partial charge in [0.25, 0.3) is 0 Å². The molecule has 0 aliphatic heterocycles. The van der Waals surface area contributed by atoms with Crippen molar-refractivity contribution in [3.63, 3.8) is 0 Å². The van der Waals surface area contributed by atoms with Gasteiger partial charge in [0.15, 0.2) is 17.4 Å². The molecule has 0 radical (unpaired) electrons. The van der Waals surface area contributed by atoms with Crippen molar-refractivity contribution in [3.05, 3.63) is 0 Å². The molecule has 0 aliphatic rings. The van der Waals surface area contributed by atoms with E-state index < -0.39 is 17.0 Å². The number of hydrogen-bond acceptors (Lipinski definition) is 2. The quantitative estimate of drug-likeness (QED) is 0.205. The summed E-state index contributed by atoms with van der Waals surface area (Å²) in [5.41, 5.74) is 0. The Morgan fingerprint density at radius 2 is 1.15 bits per heavy atom. The van der Waals surface area contributed by atoms with E-state index in [-0.39, 0.29) is 126 Å². The normalized spacial score (nSPS) is 6.38. The molecular weight excluding hydrogens is 391 g/mol. The van der Waals surface area contributed by atoms with Crippen molar-refractivity contribution in [2.45, 2.75) is 0 Å². The molecule has 0 aromatic carbocycles. The maximum atomic E-state index is 8.88. The van der Waals surface area contributed by atoms with Gasteiger partial charge in [0, 0.05) is 19.5 Å². The molecule has 13 heavy (non-hydrogen) atoms. The maximum Gasteiger partial charge on any atom is 2.00 e. The fraction of sp³-hybridized carbons (Fsp3) is 0. The third-order valence-corrected chi connectivity index (χ3v) is 0. The van der Waals surface area contributed by atoms with Crippen LogP contribution >= 0.6 is 7.82 Å². The summed E-state index contributed by atoms with van der Waals surface area (Å²) in [5.74, 6) is 0. The van der Waals surface area contributed by atoms with E-state index in [9.17, 15) is 0 Å². The number of hydrogen-bond donors (Lipinski definition) is 5. The van der Waals surface area contributed by atoms with Crippen molar-refractivity contribution in [2.75, 3.05) is 0 Å². The fourth-order valence-corrected chi connectivity index (χ4v) is 0. The molecule has 0 rings (SSSR count). The second-order valence-corrected chi connectivity index (χ2v) is 2.39. The first kappa shape index (κ1) is 36.0. The first-order valence-electron chi connectivity index (χ1n) is 1.43. The summed E-state index contributed by atoms with van der Waals surface area (Å²) in [6, 6.07) is 0. The average Bonchev–Trinajstić information content (AvgIpc) is 1.19. The topological polar surface area (TPSA) is 135 Å². The second-order valence-electron chi connectivity index (χ2n) is 0.796. The van der Waals surface area contributed by atoms with Crippen molar-refractivity contribution >= 4 is 118 Å². The second kappa shape index (κ2) is 21.0. The van der Waals surface area contributed by atoms with Crippen LogP contribution in [0.15, 0.2) is 0 Å². The Morgan fingerprint density at radius 1 is 1.15 bits per heavy atom. The van der Waals surface area contributed by atoms with E-state index in [0.29, 0.717) is 0 Å². The van der Waals surface area contributed by atoms with Crippen LogP contribution in [0.1, 0.15) is 5.71 Å². The molecule has 0 saturated carbocycles. The van der Waals surface area contributed by atoms with Crippen molar-refractivity contribution < 1.29 is 58.5 Å². The summed E-state index contributed by atoms with van der Waals surface area (Å²) in [6.45, 7) is 0. The molecule has 0 amide bonds. The van der Waals surface area contributed by atoms with Crippen LogP contribution in [0, 0.1) is 0 Å². The smallest absolute Gasteiger partial charge is 1.00 e. The van der Waals surface area contributed by atoms with Gasteiger partial charge in [0.1, 0.15) is 0 Å². The third-order valence-electron chi connectivity index (χ3n) is 0. The molecule has 0 heterocycles. The van der Waals surface area contributed by atoms with Crippen LogP contribution < -0.4 is 0 Å². The minimum Gasteiger partial charge on any atom is -1.00 e.